The van der Waals surface area contributed by atoms with Crippen molar-refractivity contribution in [2.75, 3.05) is 13.2 Å². The smallest absolute Gasteiger partial charge is 0.226 e. The zero-order valence-corrected chi connectivity index (χ0v) is 12.0. The Balaban J connectivity index is 2.00. The quantitative estimate of drug-likeness (QED) is 0.774. The van der Waals surface area contributed by atoms with E-state index in [0.717, 1.165) is 38.9 Å². The predicted octanol–water partition coefficient (Wildman–Crippen LogP) is 2.84. The molecular weight excluding hydrogens is 226 g/mol. The predicted molar refractivity (Wildman–Crippen MR) is 72.3 cm³/mol. The van der Waals surface area contributed by atoms with Crippen molar-refractivity contribution in [3.05, 3.63) is 0 Å². The monoisotopic (exact) mass is 253 g/mol. The van der Waals surface area contributed by atoms with Gasteiger partial charge in [0.05, 0.1) is 6.61 Å². The number of likely N-dealkylation sites (tertiary alicyclic amines) is 1. The number of ether oxygens (including phenoxy) is 1. The molecule has 0 saturated carbocycles. The van der Waals surface area contributed by atoms with Gasteiger partial charge in [0.2, 0.25) is 5.91 Å². The zero-order chi connectivity index (χ0) is 13.1. The van der Waals surface area contributed by atoms with Crippen LogP contribution in [0.15, 0.2) is 0 Å². The van der Waals surface area contributed by atoms with Crippen LogP contribution in [0.2, 0.25) is 0 Å². The molecule has 0 aromatic rings. The number of hydrogen-bond donors (Lipinski definition) is 0. The third kappa shape index (κ3) is 2.71. The van der Waals surface area contributed by atoms with Gasteiger partial charge in [-0.3, -0.25) is 4.79 Å². The molecule has 0 N–H and O–H groups in total. The first kappa shape index (κ1) is 13.9. The van der Waals surface area contributed by atoms with Gasteiger partial charge in [-0.2, -0.15) is 0 Å². The second-order valence-electron chi connectivity index (χ2n) is 6.00. The average Bonchev–Trinajstić information content (AvgIpc) is 2.79. The van der Waals surface area contributed by atoms with E-state index in [9.17, 15) is 4.79 Å². The van der Waals surface area contributed by atoms with Crippen molar-refractivity contribution in [3.63, 3.8) is 0 Å². The highest BCUT2D eigenvalue weighted by atomic mass is 16.5. The highest BCUT2D eigenvalue weighted by Crippen LogP contribution is 2.31. The summed E-state index contributed by atoms with van der Waals surface area (Å²) in [5.41, 5.74) is 0. The van der Waals surface area contributed by atoms with Gasteiger partial charge in [0, 0.05) is 24.6 Å². The second kappa shape index (κ2) is 6.05. The third-order valence-corrected chi connectivity index (χ3v) is 4.80. The Morgan fingerprint density at radius 1 is 1.39 bits per heavy atom. The van der Waals surface area contributed by atoms with E-state index >= 15 is 0 Å². The number of carbonyl (C=O) groups is 1. The van der Waals surface area contributed by atoms with E-state index in [1.54, 1.807) is 0 Å². The number of hydrogen-bond acceptors (Lipinski definition) is 2. The van der Waals surface area contributed by atoms with E-state index < -0.39 is 0 Å². The van der Waals surface area contributed by atoms with Gasteiger partial charge in [-0.15, -0.1) is 0 Å². The van der Waals surface area contributed by atoms with Crippen LogP contribution in [0.4, 0.5) is 0 Å². The molecule has 0 aromatic carbocycles. The number of rotatable bonds is 3. The lowest BCUT2D eigenvalue weighted by atomic mass is 9.87. The van der Waals surface area contributed by atoms with Crippen LogP contribution < -0.4 is 0 Å². The normalized spacial score (nSPS) is 34.6. The average molecular weight is 253 g/mol. The molecule has 3 nitrogen and oxygen atoms in total. The first-order valence-corrected chi connectivity index (χ1v) is 7.55. The maximum atomic E-state index is 12.7. The topological polar surface area (TPSA) is 29.5 Å². The molecule has 0 spiro atoms. The molecular formula is C15H27NO2. The first-order chi connectivity index (χ1) is 8.65. The molecule has 3 heteroatoms. The molecule has 2 aliphatic rings. The highest BCUT2D eigenvalue weighted by molar-refractivity contribution is 5.79. The molecule has 104 valence electrons. The molecule has 2 fully saturated rings. The Morgan fingerprint density at radius 3 is 2.78 bits per heavy atom. The lowest BCUT2D eigenvalue weighted by Gasteiger charge is -2.34. The van der Waals surface area contributed by atoms with Crippen LogP contribution in [0.1, 0.15) is 52.9 Å². The fraction of sp³-hybridized carbons (Fsp3) is 0.933. The van der Waals surface area contributed by atoms with E-state index in [4.69, 9.17) is 4.74 Å². The molecule has 2 saturated heterocycles. The van der Waals surface area contributed by atoms with E-state index in [-0.39, 0.29) is 5.92 Å². The number of amides is 1. The molecule has 4 atom stereocenters. The molecule has 2 heterocycles. The van der Waals surface area contributed by atoms with Gasteiger partial charge < -0.3 is 9.64 Å². The summed E-state index contributed by atoms with van der Waals surface area (Å²) in [7, 11) is 0. The summed E-state index contributed by atoms with van der Waals surface area (Å²) in [4.78, 5) is 14.9. The Labute approximate surface area is 111 Å². The van der Waals surface area contributed by atoms with Gasteiger partial charge in [0.25, 0.3) is 0 Å². The van der Waals surface area contributed by atoms with Crippen molar-refractivity contribution >= 4 is 5.91 Å². The van der Waals surface area contributed by atoms with Crippen LogP contribution in [0, 0.1) is 11.8 Å². The van der Waals surface area contributed by atoms with Crippen LogP contribution in [-0.2, 0) is 9.53 Å². The maximum Gasteiger partial charge on any atom is 0.226 e. The van der Waals surface area contributed by atoms with Gasteiger partial charge >= 0.3 is 0 Å². The highest BCUT2D eigenvalue weighted by Gasteiger charge is 2.37. The van der Waals surface area contributed by atoms with E-state index in [2.05, 4.69) is 25.7 Å². The summed E-state index contributed by atoms with van der Waals surface area (Å²) in [6, 6.07) is 0.897. The Bertz CT molecular complexity index is 286. The molecule has 1 amide bonds. The largest absolute Gasteiger partial charge is 0.381 e. The molecule has 0 aromatic heterocycles. The molecule has 2 aliphatic heterocycles. The summed E-state index contributed by atoms with van der Waals surface area (Å²) in [5.74, 6) is 0.916. The summed E-state index contributed by atoms with van der Waals surface area (Å²) < 4.78 is 5.53. The van der Waals surface area contributed by atoms with Crippen LogP contribution in [0.25, 0.3) is 0 Å². The van der Waals surface area contributed by atoms with Crippen molar-refractivity contribution < 1.29 is 9.53 Å². The van der Waals surface area contributed by atoms with Crippen LogP contribution in [0.5, 0.6) is 0 Å². The Hall–Kier alpha value is -0.570. The van der Waals surface area contributed by atoms with Crippen LogP contribution in [0.3, 0.4) is 0 Å². The fourth-order valence-corrected chi connectivity index (χ4v) is 3.47. The summed E-state index contributed by atoms with van der Waals surface area (Å²) in [5, 5.41) is 0. The lowest BCUT2D eigenvalue weighted by molar-refractivity contribution is -0.141. The summed E-state index contributed by atoms with van der Waals surface area (Å²) >= 11 is 0. The lowest BCUT2D eigenvalue weighted by Crippen LogP contribution is -2.45. The van der Waals surface area contributed by atoms with Crippen molar-refractivity contribution in [2.24, 2.45) is 11.8 Å². The first-order valence-electron chi connectivity index (χ1n) is 7.55. The molecule has 0 bridgehead atoms. The van der Waals surface area contributed by atoms with Gasteiger partial charge in [-0.1, -0.05) is 13.8 Å². The minimum atomic E-state index is 0.125. The molecule has 0 aliphatic carbocycles. The van der Waals surface area contributed by atoms with Crippen molar-refractivity contribution in [3.8, 4) is 0 Å². The van der Waals surface area contributed by atoms with Gasteiger partial charge in [-0.05, 0) is 44.9 Å². The van der Waals surface area contributed by atoms with Crippen molar-refractivity contribution in [1.82, 2.24) is 4.90 Å². The van der Waals surface area contributed by atoms with Gasteiger partial charge in [0.1, 0.15) is 0 Å². The summed E-state index contributed by atoms with van der Waals surface area (Å²) in [6.45, 7) is 8.12. The zero-order valence-electron chi connectivity index (χ0n) is 12.0. The van der Waals surface area contributed by atoms with Gasteiger partial charge in [0.15, 0.2) is 0 Å². The van der Waals surface area contributed by atoms with Crippen molar-refractivity contribution in [1.29, 1.82) is 0 Å². The van der Waals surface area contributed by atoms with Crippen LogP contribution in [-0.4, -0.2) is 36.1 Å². The molecule has 18 heavy (non-hydrogen) atoms. The summed E-state index contributed by atoms with van der Waals surface area (Å²) in [6.07, 6.45) is 5.68. The minimum absolute atomic E-state index is 0.125. The number of carbonyl (C=O) groups excluding carboxylic acids is 1. The van der Waals surface area contributed by atoms with Crippen LogP contribution >= 0.6 is 0 Å². The molecule has 3 unspecified atom stereocenters. The number of nitrogens with zero attached hydrogens (tertiary/aromatic N) is 1. The molecule has 0 radical (unpaired) electrons. The molecule has 2 rings (SSSR count). The van der Waals surface area contributed by atoms with E-state index in [1.165, 1.54) is 6.42 Å². The Morgan fingerprint density at radius 2 is 2.17 bits per heavy atom. The standard InChI is InChI=1S/C15H27NO2/c1-4-14-8-7-11(2)16(14)15(17)12(3)13-6-5-9-18-10-13/h11-14H,4-10H2,1-3H3/t11-,12?,13?,14?/m1/s1. The van der Waals surface area contributed by atoms with E-state index in [1.807, 2.05) is 0 Å². The SMILES string of the molecule is CCC1CC[C@@H](C)N1C(=O)C(C)C1CCCOC1. The Kier molecular flexibility index (Phi) is 4.66. The van der Waals surface area contributed by atoms with Crippen molar-refractivity contribution in [2.45, 2.75) is 65.0 Å². The van der Waals surface area contributed by atoms with E-state index in [0.29, 0.717) is 23.9 Å². The minimum Gasteiger partial charge on any atom is -0.381 e. The fourth-order valence-electron chi connectivity index (χ4n) is 3.47. The maximum absolute atomic E-state index is 12.7. The third-order valence-electron chi connectivity index (χ3n) is 4.80. The van der Waals surface area contributed by atoms with Gasteiger partial charge in [-0.25, -0.2) is 0 Å². The second-order valence-corrected chi connectivity index (χ2v) is 6.00.